The molecule has 20 heteroatoms. The molecule has 4 aliphatic heterocycles. The van der Waals surface area contributed by atoms with Crippen LogP contribution >= 0.6 is 0 Å². The number of esters is 2. The summed E-state index contributed by atoms with van der Waals surface area (Å²) in [7, 11) is 4.55. The van der Waals surface area contributed by atoms with Crippen LogP contribution in [0.5, 0.6) is 0 Å². The summed E-state index contributed by atoms with van der Waals surface area (Å²) in [4.78, 5) is 100. The van der Waals surface area contributed by atoms with Gasteiger partial charge in [0.05, 0.1) is 24.9 Å². The van der Waals surface area contributed by atoms with Crippen LogP contribution < -0.4 is 4.90 Å². The SMILES string of the molecule is CCCOCCN1CCN(c2ncc(CCC(=O)O[C@@H]3CC[C@@H](C[C@@H](C)[C@@H]4CC(=O)[C@H](C)/C=C(\C)[C@@H](O)[C@@H](OC)C(=O)[C@H](C)C[C@H](C)/C=C/C=C/C=C(\C)[C@@H](OC)C[C@@H]5CC[C@@H](C)[C@@](O)(O5)C(=O)C(=O)N5CCCC[C@H]5C(=O)O4)C[C@H]3OC)cn2)CC1. The van der Waals surface area contributed by atoms with E-state index in [-0.39, 0.29) is 55.2 Å². The van der Waals surface area contributed by atoms with Gasteiger partial charge in [-0.1, -0.05) is 78.0 Å². The zero-order chi connectivity index (χ0) is 63.4. The van der Waals surface area contributed by atoms with Crippen LogP contribution in [-0.2, 0) is 68.3 Å². The van der Waals surface area contributed by atoms with E-state index in [0.29, 0.717) is 82.2 Å². The quantitative estimate of drug-likeness (QED) is 0.0697. The fourth-order valence-corrected chi connectivity index (χ4v) is 13.0. The molecule has 20 nitrogen and oxygen atoms in total. The van der Waals surface area contributed by atoms with Crippen molar-refractivity contribution >= 4 is 41.1 Å². The highest BCUT2D eigenvalue weighted by molar-refractivity contribution is 6.39. The van der Waals surface area contributed by atoms with Gasteiger partial charge in [-0.15, -0.1) is 0 Å². The van der Waals surface area contributed by atoms with Crippen LogP contribution in [0.4, 0.5) is 5.95 Å². The first-order valence-corrected chi connectivity index (χ1v) is 32.1. The lowest BCUT2D eigenvalue weighted by Gasteiger charge is -2.42. The highest BCUT2D eigenvalue weighted by Crippen LogP contribution is 2.38. The number of ether oxygens (including phenoxy) is 7. The third-order valence-electron chi connectivity index (χ3n) is 18.6. The largest absolute Gasteiger partial charge is 0.460 e. The van der Waals surface area contributed by atoms with E-state index in [2.05, 4.69) is 26.7 Å². The lowest BCUT2D eigenvalue weighted by Crippen LogP contribution is -2.61. The van der Waals surface area contributed by atoms with Gasteiger partial charge in [-0.2, -0.15) is 0 Å². The molecular weight excluding hydrogens is 1110 g/mol. The number of carbonyl (C=O) groups excluding carboxylic acids is 6. The van der Waals surface area contributed by atoms with E-state index in [4.69, 9.17) is 33.2 Å². The van der Waals surface area contributed by atoms with E-state index in [1.54, 1.807) is 53.5 Å². The lowest BCUT2D eigenvalue weighted by molar-refractivity contribution is -0.265. The Labute approximate surface area is 517 Å². The van der Waals surface area contributed by atoms with E-state index >= 15 is 0 Å². The van der Waals surface area contributed by atoms with Gasteiger partial charge in [0.15, 0.2) is 5.78 Å². The summed E-state index contributed by atoms with van der Waals surface area (Å²) < 4.78 is 41.8. The Bertz CT molecular complexity index is 2530. The van der Waals surface area contributed by atoms with Crippen LogP contribution in [0.1, 0.15) is 151 Å². The number of aryl methyl sites for hydroxylation is 1. The molecule has 15 atom stereocenters. The topological polar surface area (TPSA) is 243 Å². The summed E-state index contributed by atoms with van der Waals surface area (Å²) in [5.41, 5.74) is 2.07. The van der Waals surface area contributed by atoms with E-state index in [0.717, 1.165) is 63.5 Å². The number of hydrogen-bond donors (Lipinski definition) is 2. The average molecular weight is 1220 g/mol. The second-order valence-corrected chi connectivity index (χ2v) is 25.4. The molecule has 1 saturated carbocycles. The summed E-state index contributed by atoms with van der Waals surface area (Å²) in [5, 5.41) is 23.7. The molecule has 0 radical (unpaired) electrons. The van der Waals surface area contributed by atoms with Crippen LogP contribution in [0, 0.1) is 35.5 Å². The molecule has 5 aliphatic rings. The van der Waals surface area contributed by atoms with Crippen LogP contribution in [0.15, 0.2) is 60.0 Å². The third kappa shape index (κ3) is 20.2. The average Bonchev–Trinajstić information content (AvgIpc) is 1.99. The van der Waals surface area contributed by atoms with Gasteiger partial charge in [-0.25, -0.2) is 14.8 Å². The Balaban J connectivity index is 1.16. The van der Waals surface area contributed by atoms with Crippen LogP contribution in [-0.4, -0.2) is 194 Å². The van der Waals surface area contributed by atoms with Crippen molar-refractivity contribution in [3.05, 3.63) is 65.6 Å². The molecule has 2 bridgehead atoms. The monoisotopic (exact) mass is 1220 g/mol. The number of fused-ring (bicyclic) bond motifs is 3. The smallest absolute Gasteiger partial charge is 0.329 e. The Morgan fingerprint density at radius 3 is 2.25 bits per heavy atom. The van der Waals surface area contributed by atoms with Gasteiger partial charge >= 0.3 is 11.9 Å². The van der Waals surface area contributed by atoms with Gasteiger partial charge in [-0.3, -0.25) is 28.9 Å². The minimum atomic E-state index is -2.46. The first kappa shape index (κ1) is 71.0. The molecule has 87 heavy (non-hydrogen) atoms. The predicted octanol–water partition coefficient (Wildman–Crippen LogP) is 7.70. The number of nitrogens with zero attached hydrogens (tertiary/aromatic N) is 5. The van der Waals surface area contributed by atoms with Gasteiger partial charge in [0.2, 0.25) is 11.7 Å². The fraction of sp³-hybridized carbons (Fsp3) is 0.731. The minimum absolute atomic E-state index is 0.00254. The minimum Gasteiger partial charge on any atom is -0.460 e. The number of rotatable bonds is 16. The molecule has 486 valence electrons. The fourth-order valence-electron chi connectivity index (χ4n) is 13.0. The van der Waals surface area contributed by atoms with E-state index in [1.165, 1.54) is 12.0 Å². The molecular formula is C67H103N5O15. The number of cyclic esters (lactones) is 1. The number of aliphatic hydroxyl groups is 2. The Morgan fingerprint density at radius 2 is 1.56 bits per heavy atom. The lowest BCUT2D eigenvalue weighted by atomic mass is 9.78. The second kappa shape index (κ2) is 34.8. The standard InChI is InChI=1S/C67H103N5O15/c1-12-33-84-34-32-70-28-30-71(31-29-70)66-68-41-51(42-69-66)23-26-59(74)85-55-25-22-50(38-58(55)82-10)37-46(5)57-40-54(73)45(4)36-48(7)61(76)62(83-11)60(75)47(6)35-43(2)18-14-13-15-19-44(3)56(81-9)39-52-24-21-49(8)67(80,87-52)63(77)64(78)72-27-17-16-20-53(72)65(79)86-57/h13-15,18-19,36,41-43,45-47,49-50,52-53,55-58,61-62,76,80H,12,16-17,20-35,37-40H2,1-11H3/b15-13+,18-14+,44-19+,48-36+/t43-,45-,46-,47-,49-,50+,52+,53+,55-,56+,57+,58-,61-,62+,67-/m1/s1. The van der Waals surface area contributed by atoms with Crippen molar-refractivity contribution in [2.24, 2.45) is 35.5 Å². The number of allylic oxidation sites excluding steroid dienone is 6. The molecule has 5 heterocycles. The Hall–Kier alpha value is -5.06. The van der Waals surface area contributed by atoms with E-state index in [9.17, 15) is 39.0 Å². The summed E-state index contributed by atoms with van der Waals surface area (Å²) >= 11 is 0. The van der Waals surface area contributed by atoms with Crippen molar-refractivity contribution in [1.29, 1.82) is 0 Å². The highest BCUT2D eigenvalue weighted by atomic mass is 16.6. The van der Waals surface area contributed by atoms with Crippen LogP contribution in [0.3, 0.4) is 0 Å². The molecule has 1 aromatic rings. The predicted molar refractivity (Wildman–Crippen MR) is 329 cm³/mol. The summed E-state index contributed by atoms with van der Waals surface area (Å²) in [6.45, 7) is 20.7. The maximum absolute atomic E-state index is 14.7. The first-order valence-electron chi connectivity index (χ1n) is 32.1. The molecule has 4 fully saturated rings. The Morgan fingerprint density at radius 1 is 0.828 bits per heavy atom. The maximum atomic E-state index is 14.7. The third-order valence-corrected chi connectivity index (χ3v) is 18.6. The molecule has 2 N–H and O–H groups in total. The van der Waals surface area contributed by atoms with Gasteiger partial charge in [0.1, 0.15) is 36.2 Å². The van der Waals surface area contributed by atoms with Crippen molar-refractivity contribution in [3.63, 3.8) is 0 Å². The molecule has 0 spiro atoms. The maximum Gasteiger partial charge on any atom is 0.329 e. The zero-order valence-electron chi connectivity index (χ0n) is 53.9. The summed E-state index contributed by atoms with van der Waals surface area (Å²) in [6.07, 6.45) is 15.7. The van der Waals surface area contributed by atoms with Crippen LogP contribution in [0.25, 0.3) is 0 Å². The molecule has 3 saturated heterocycles. The van der Waals surface area contributed by atoms with Crippen molar-refractivity contribution in [2.45, 2.75) is 206 Å². The molecule has 1 aliphatic carbocycles. The highest BCUT2D eigenvalue weighted by Gasteiger charge is 2.53. The normalized spacial score (nSPS) is 34.4. The van der Waals surface area contributed by atoms with E-state index < -0.39 is 95.9 Å². The number of carbonyl (C=O) groups is 6. The number of piperidine rings is 1. The number of methoxy groups -OCH3 is 3. The van der Waals surface area contributed by atoms with E-state index in [1.807, 2.05) is 58.1 Å². The van der Waals surface area contributed by atoms with Gasteiger partial charge in [-0.05, 0) is 125 Å². The van der Waals surface area contributed by atoms with Gasteiger partial charge in [0, 0.05) is 117 Å². The number of anilines is 1. The number of ketones is 3. The summed E-state index contributed by atoms with van der Waals surface area (Å²) in [6, 6.07) is -1.19. The molecule has 1 amide bonds. The number of aliphatic hydroxyl groups excluding tert-OH is 1. The molecule has 6 rings (SSSR count). The number of aromatic nitrogens is 2. The number of piperazine rings is 1. The Kier molecular flexibility index (Phi) is 28.4. The van der Waals surface area contributed by atoms with Gasteiger partial charge in [0.25, 0.3) is 11.7 Å². The van der Waals surface area contributed by atoms with Crippen molar-refractivity contribution in [3.8, 4) is 0 Å². The molecule has 1 aromatic heterocycles. The molecule has 0 unspecified atom stereocenters. The van der Waals surface area contributed by atoms with Crippen molar-refractivity contribution in [2.75, 3.05) is 78.7 Å². The van der Waals surface area contributed by atoms with Crippen LogP contribution in [0.2, 0.25) is 0 Å². The van der Waals surface area contributed by atoms with Crippen molar-refractivity contribution < 1.29 is 72.1 Å². The van der Waals surface area contributed by atoms with Crippen molar-refractivity contribution in [1.82, 2.24) is 19.8 Å². The second-order valence-electron chi connectivity index (χ2n) is 25.4. The van der Waals surface area contributed by atoms with Gasteiger partial charge < -0.3 is 53.2 Å². The summed E-state index contributed by atoms with van der Waals surface area (Å²) in [5.74, 6) is -8.08. The zero-order valence-corrected chi connectivity index (χ0v) is 53.9. The first-order chi connectivity index (χ1) is 41.6. The molecule has 0 aromatic carbocycles. The number of Topliss-reactive ketones (excluding diaryl/α,β-unsaturated/α-hetero) is 3. The number of amides is 1. The number of hydrogen-bond acceptors (Lipinski definition) is 19.